The molecule has 5 heteroatoms. The number of carbonyl (C=O) groups is 2. The maximum absolute atomic E-state index is 12.3. The van der Waals surface area contributed by atoms with E-state index in [-0.39, 0.29) is 11.7 Å². The molecule has 0 bridgehead atoms. The van der Waals surface area contributed by atoms with E-state index in [1.807, 2.05) is 18.2 Å². The normalized spacial score (nSPS) is 12.6. The number of fused-ring (bicyclic) bond motifs is 2. The van der Waals surface area contributed by atoms with Crippen molar-refractivity contribution in [1.82, 2.24) is 0 Å². The summed E-state index contributed by atoms with van der Waals surface area (Å²) in [5, 5.41) is 6.62. The third kappa shape index (κ3) is 2.76. The number of ketones is 1. The van der Waals surface area contributed by atoms with Gasteiger partial charge in [0.05, 0.1) is 22.6 Å². The summed E-state index contributed by atoms with van der Waals surface area (Å²) >= 11 is 5.98. The molecular weight excluding hydrogens is 288 g/mol. The predicted molar refractivity (Wildman–Crippen MR) is 83.5 cm³/mol. The summed E-state index contributed by atoms with van der Waals surface area (Å²) < 4.78 is 0. The van der Waals surface area contributed by atoms with Crippen molar-refractivity contribution in [2.24, 2.45) is 0 Å². The standard InChI is InChI=1S/C16H13ClN2O2/c1-9(20)6-10-2-5-13-15(7-10)19-16(21)12-4-3-11(17)8-14(12)18-13/h2-5,7-8,18H,6H2,1H3,(H,19,21). The molecule has 0 spiro atoms. The topological polar surface area (TPSA) is 58.2 Å². The van der Waals surface area contributed by atoms with Gasteiger partial charge in [-0.15, -0.1) is 0 Å². The largest absolute Gasteiger partial charge is 0.353 e. The van der Waals surface area contributed by atoms with E-state index >= 15 is 0 Å². The van der Waals surface area contributed by atoms with Crippen molar-refractivity contribution in [2.45, 2.75) is 13.3 Å². The fourth-order valence-corrected chi connectivity index (χ4v) is 2.53. The number of benzene rings is 2. The van der Waals surface area contributed by atoms with Crippen LogP contribution in [0.25, 0.3) is 0 Å². The van der Waals surface area contributed by atoms with Crippen molar-refractivity contribution in [1.29, 1.82) is 0 Å². The van der Waals surface area contributed by atoms with Gasteiger partial charge in [0.15, 0.2) is 0 Å². The summed E-state index contributed by atoms with van der Waals surface area (Å²) in [6.07, 6.45) is 0.349. The van der Waals surface area contributed by atoms with Crippen molar-refractivity contribution >= 4 is 40.4 Å². The first-order chi connectivity index (χ1) is 10.0. The first kappa shape index (κ1) is 13.6. The summed E-state index contributed by atoms with van der Waals surface area (Å²) in [6.45, 7) is 1.54. The molecule has 2 aromatic rings. The molecule has 0 radical (unpaired) electrons. The number of amides is 1. The average Bonchev–Trinajstić information content (AvgIpc) is 2.53. The summed E-state index contributed by atoms with van der Waals surface area (Å²) in [5.74, 6) is -0.120. The second-order valence-electron chi connectivity index (χ2n) is 5.03. The predicted octanol–water partition coefficient (Wildman–Crippen LogP) is 3.78. The van der Waals surface area contributed by atoms with E-state index in [1.165, 1.54) is 0 Å². The lowest BCUT2D eigenvalue weighted by Gasteiger charge is -2.10. The fraction of sp³-hybridized carbons (Fsp3) is 0.125. The minimum atomic E-state index is -0.201. The molecule has 0 aromatic heterocycles. The number of halogens is 1. The van der Waals surface area contributed by atoms with Gasteiger partial charge in [0.2, 0.25) is 0 Å². The molecule has 1 aliphatic heterocycles. The highest BCUT2D eigenvalue weighted by atomic mass is 35.5. The van der Waals surface area contributed by atoms with Crippen LogP contribution in [0.3, 0.4) is 0 Å². The molecule has 1 heterocycles. The quantitative estimate of drug-likeness (QED) is 0.887. The highest BCUT2D eigenvalue weighted by Crippen LogP contribution is 2.34. The Balaban J connectivity index is 2.03. The number of anilines is 3. The fourth-order valence-electron chi connectivity index (χ4n) is 2.35. The van der Waals surface area contributed by atoms with Crippen molar-refractivity contribution in [2.75, 3.05) is 10.6 Å². The molecule has 1 amide bonds. The second kappa shape index (κ2) is 5.22. The molecule has 2 N–H and O–H groups in total. The molecular formula is C16H13ClN2O2. The Kier molecular flexibility index (Phi) is 3.39. The first-order valence-corrected chi connectivity index (χ1v) is 6.91. The Morgan fingerprint density at radius 1 is 1.05 bits per heavy atom. The van der Waals surface area contributed by atoms with Crippen LogP contribution in [-0.4, -0.2) is 11.7 Å². The molecule has 106 valence electrons. The van der Waals surface area contributed by atoms with Crippen LogP contribution in [0.4, 0.5) is 17.1 Å². The Morgan fingerprint density at radius 2 is 1.86 bits per heavy atom. The van der Waals surface area contributed by atoms with Crippen LogP contribution in [0.1, 0.15) is 22.8 Å². The number of Topliss-reactive ketones (excluding diaryl/α,β-unsaturated/α-hetero) is 1. The van der Waals surface area contributed by atoms with Gasteiger partial charge in [-0.2, -0.15) is 0 Å². The minimum absolute atomic E-state index is 0.0814. The highest BCUT2D eigenvalue weighted by Gasteiger charge is 2.19. The van der Waals surface area contributed by atoms with Crippen molar-refractivity contribution in [3.63, 3.8) is 0 Å². The van der Waals surface area contributed by atoms with Crippen LogP contribution < -0.4 is 10.6 Å². The number of rotatable bonds is 2. The van der Waals surface area contributed by atoms with Gasteiger partial charge in [0.1, 0.15) is 5.78 Å². The lowest BCUT2D eigenvalue weighted by Crippen LogP contribution is -2.10. The van der Waals surface area contributed by atoms with E-state index in [4.69, 9.17) is 11.6 Å². The molecule has 2 aromatic carbocycles. The highest BCUT2D eigenvalue weighted by molar-refractivity contribution is 6.31. The van der Waals surface area contributed by atoms with E-state index in [2.05, 4.69) is 10.6 Å². The van der Waals surface area contributed by atoms with Crippen LogP contribution in [0, 0.1) is 0 Å². The first-order valence-electron chi connectivity index (χ1n) is 6.53. The molecule has 21 heavy (non-hydrogen) atoms. The number of hydrogen-bond donors (Lipinski definition) is 2. The third-order valence-corrected chi connectivity index (χ3v) is 3.52. The molecule has 0 atom stereocenters. The summed E-state index contributed by atoms with van der Waals surface area (Å²) in [7, 11) is 0. The summed E-state index contributed by atoms with van der Waals surface area (Å²) in [6, 6.07) is 10.6. The van der Waals surface area contributed by atoms with E-state index in [0.29, 0.717) is 28.4 Å². The Hall–Kier alpha value is -2.33. The number of nitrogens with one attached hydrogen (secondary N) is 2. The summed E-state index contributed by atoms with van der Waals surface area (Å²) in [4.78, 5) is 23.5. The second-order valence-corrected chi connectivity index (χ2v) is 5.46. The van der Waals surface area contributed by atoms with Crippen molar-refractivity contribution < 1.29 is 9.59 Å². The van der Waals surface area contributed by atoms with Crippen molar-refractivity contribution in [3.05, 3.63) is 52.5 Å². The van der Waals surface area contributed by atoms with E-state index < -0.39 is 0 Å². The third-order valence-electron chi connectivity index (χ3n) is 3.28. The molecule has 0 saturated heterocycles. The lowest BCUT2D eigenvalue weighted by atomic mass is 10.1. The number of carbonyl (C=O) groups excluding carboxylic acids is 2. The van der Waals surface area contributed by atoms with Gasteiger partial charge in [0, 0.05) is 11.4 Å². The zero-order chi connectivity index (χ0) is 15.0. The smallest absolute Gasteiger partial charge is 0.257 e. The van der Waals surface area contributed by atoms with Gasteiger partial charge in [0.25, 0.3) is 5.91 Å². The van der Waals surface area contributed by atoms with Gasteiger partial charge in [-0.25, -0.2) is 0 Å². The van der Waals surface area contributed by atoms with Crippen LogP contribution in [0.5, 0.6) is 0 Å². The Bertz CT molecular complexity index is 756. The average molecular weight is 301 g/mol. The van der Waals surface area contributed by atoms with Gasteiger partial charge < -0.3 is 10.6 Å². The molecule has 1 aliphatic rings. The van der Waals surface area contributed by atoms with E-state index in [1.54, 1.807) is 25.1 Å². The maximum atomic E-state index is 12.3. The SMILES string of the molecule is CC(=O)Cc1ccc2c(c1)NC(=O)c1ccc(Cl)cc1N2. The summed E-state index contributed by atoms with van der Waals surface area (Å²) in [5.41, 5.74) is 3.50. The maximum Gasteiger partial charge on any atom is 0.257 e. The molecule has 0 aliphatic carbocycles. The molecule has 4 nitrogen and oxygen atoms in total. The van der Waals surface area contributed by atoms with E-state index in [9.17, 15) is 9.59 Å². The molecule has 0 fully saturated rings. The van der Waals surface area contributed by atoms with Crippen LogP contribution in [0.2, 0.25) is 5.02 Å². The van der Waals surface area contributed by atoms with Crippen LogP contribution in [-0.2, 0) is 11.2 Å². The zero-order valence-corrected chi connectivity index (χ0v) is 12.1. The Morgan fingerprint density at radius 3 is 2.62 bits per heavy atom. The Labute approximate surface area is 127 Å². The monoisotopic (exact) mass is 300 g/mol. The lowest BCUT2D eigenvalue weighted by molar-refractivity contribution is -0.116. The van der Waals surface area contributed by atoms with Gasteiger partial charge in [-0.05, 0) is 42.8 Å². The van der Waals surface area contributed by atoms with Crippen molar-refractivity contribution in [3.8, 4) is 0 Å². The van der Waals surface area contributed by atoms with E-state index in [0.717, 1.165) is 11.3 Å². The van der Waals surface area contributed by atoms with Crippen LogP contribution in [0.15, 0.2) is 36.4 Å². The molecule has 0 unspecified atom stereocenters. The van der Waals surface area contributed by atoms with Gasteiger partial charge >= 0.3 is 0 Å². The van der Waals surface area contributed by atoms with Gasteiger partial charge in [-0.1, -0.05) is 17.7 Å². The molecule has 3 rings (SSSR count). The minimum Gasteiger partial charge on any atom is -0.353 e. The van der Waals surface area contributed by atoms with Crippen LogP contribution >= 0.6 is 11.6 Å². The zero-order valence-electron chi connectivity index (χ0n) is 11.4. The molecule has 0 saturated carbocycles. The number of hydrogen-bond acceptors (Lipinski definition) is 3. The van der Waals surface area contributed by atoms with Gasteiger partial charge in [-0.3, -0.25) is 9.59 Å².